The van der Waals surface area contributed by atoms with Crippen LogP contribution in [0.5, 0.6) is 0 Å². The van der Waals surface area contributed by atoms with Crippen LogP contribution in [0.1, 0.15) is 13.8 Å². The molecule has 4 nitrogen and oxygen atoms in total. The molecule has 3 aromatic carbocycles. The van der Waals surface area contributed by atoms with E-state index < -0.39 is 0 Å². The molecule has 3 rings (SSSR count). The topological polar surface area (TPSA) is 44.4 Å². The normalized spacial score (nSPS) is 10.5. The van der Waals surface area contributed by atoms with Crippen LogP contribution in [-0.2, 0) is 4.79 Å². The monoisotopic (exact) mass is 347 g/mol. The first kappa shape index (κ1) is 17.8. The lowest BCUT2D eigenvalue weighted by atomic mass is 10.1. The molecule has 0 saturated heterocycles. The Morgan fingerprint density at radius 1 is 0.846 bits per heavy atom. The molecular weight excluding hydrogens is 322 g/mol. The summed E-state index contributed by atoms with van der Waals surface area (Å²) in [5, 5.41) is 8.46. The number of carbonyl (C=O) groups is 1. The van der Waals surface area contributed by atoms with Crippen LogP contribution in [0.2, 0.25) is 0 Å². The highest BCUT2D eigenvalue weighted by molar-refractivity contribution is 5.94. The molecule has 0 atom stereocenters. The summed E-state index contributed by atoms with van der Waals surface area (Å²) in [5.74, 6) is -0.0613. The smallest absolute Gasteiger partial charge is 0.243 e. The van der Waals surface area contributed by atoms with Crippen molar-refractivity contribution in [3.8, 4) is 0 Å². The SMILES string of the molecule is CCN(CC)c1ccc(NC(=O)CNc2ccc3ccccc3c2)cc1. The van der Waals surface area contributed by atoms with E-state index in [0.717, 1.165) is 29.9 Å². The van der Waals surface area contributed by atoms with E-state index in [2.05, 4.69) is 53.6 Å². The van der Waals surface area contributed by atoms with Crippen LogP contribution >= 0.6 is 0 Å². The molecule has 2 N–H and O–H groups in total. The number of amides is 1. The van der Waals surface area contributed by atoms with Crippen molar-refractivity contribution in [2.45, 2.75) is 13.8 Å². The van der Waals surface area contributed by atoms with Crippen LogP contribution in [0.4, 0.5) is 17.1 Å². The molecule has 0 spiro atoms. The fourth-order valence-electron chi connectivity index (χ4n) is 3.03. The Hall–Kier alpha value is -3.01. The number of nitrogens with one attached hydrogen (secondary N) is 2. The number of fused-ring (bicyclic) bond motifs is 1. The van der Waals surface area contributed by atoms with Crippen molar-refractivity contribution in [1.29, 1.82) is 0 Å². The summed E-state index contributed by atoms with van der Waals surface area (Å²) in [7, 11) is 0. The molecule has 134 valence electrons. The van der Waals surface area contributed by atoms with Gasteiger partial charge in [0.05, 0.1) is 6.54 Å². The Morgan fingerprint density at radius 2 is 1.50 bits per heavy atom. The third-order valence-electron chi connectivity index (χ3n) is 4.48. The predicted octanol–water partition coefficient (Wildman–Crippen LogP) is 4.74. The molecule has 0 saturated carbocycles. The van der Waals surface area contributed by atoms with E-state index in [-0.39, 0.29) is 12.5 Å². The highest BCUT2D eigenvalue weighted by Gasteiger charge is 2.05. The molecule has 1 amide bonds. The summed E-state index contributed by atoms with van der Waals surface area (Å²) in [6.07, 6.45) is 0. The lowest BCUT2D eigenvalue weighted by Gasteiger charge is -2.21. The summed E-state index contributed by atoms with van der Waals surface area (Å²) in [4.78, 5) is 14.5. The van der Waals surface area contributed by atoms with Crippen molar-refractivity contribution >= 4 is 33.7 Å². The van der Waals surface area contributed by atoms with Crippen molar-refractivity contribution in [3.05, 3.63) is 66.7 Å². The quantitative estimate of drug-likeness (QED) is 0.649. The minimum Gasteiger partial charge on any atom is -0.376 e. The number of rotatable bonds is 7. The molecule has 4 heteroatoms. The first-order valence-corrected chi connectivity index (χ1v) is 9.07. The molecule has 26 heavy (non-hydrogen) atoms. The Kier molecular flexibility index (Phi) is 5.74. The van der Waals surface area contributed by atoms with Crippen LogP contribution < -0.4 is 15.5 Å². The standard InChI is InChI=1S/C22H25N3O/c1-3-25(4-2)21-13-11-19(12-14-21)24-22(26)16-23-20-10-9-17-7-5-6-8-18(17)15-20/h5-15,23H,3-4,16H2,1-2H3,(H,24,26). The number of anilines is 3. The van der Waals surface area contributed by atoms with Gasteiger partial charge in [-0.1, -0.05) is 30.3 Å². The van der Waals surface area contributed by atoms with E-state index in [0.29, 0.717) is 0 Å². The van der Waals surface area contributed by atoms with Gasteiger partial charge in [0, 0.05) is 30.2 Å². The summed E-state index contributed by atoms with van der Waals surface area (Å²) < 4.78 is 0. The highest BCUT2D eigenvalue weighted by Crippen LogP contribution is 2.19. The zero-order valence-electron chi connectivity index (χ0n) is 15.3. The molecule has 0 fully saturated rings. The van der Waals surface area contributed by atoms with Gasteiger partial charge in [0.25, 0.3) is 0 Å². The highest BCUT2D eigenvalue weighted by atomic mass is 16.1. The van der Waals surface area contributed by atoms with Crippen LogP contribution in [0.3, 0.4) is 0 Å². The lowest BCUT2D eigenvalue weighted by molar-refractivity contribution is -0.114. The predicted molar refractivity (Wildman–Crippen MR) is 111 cm³/mol. The molecular formula is C22H25N3O. The fraction of sp³-hybridized carbons (Fsp3) is 0.227. The molecule has 0 aliphatic rings. The first-order chi connectivity index (χ1) is 12.7. The van der Waals surface area contributed by atoms with E-state index in [4.69, 9.17) is 0 Å². The van der Waals surface area contributed by atoms with E-state index >= 15 is 0 Å². The molecule has 0 unspecified atom stereocenters. The molecule has 0 aromatic heterocycles. The van der Waals surface area contributed by atoms with Crippen molar-refractivity contribution in [2.75, 3.05) is 35.2 Å². The van der Waals surface area contributed by atoms with Gasteiger partial charge < -0.3 is 15.5 Å². The van der Waals surface area contributed by atoms with Crippen LogP contribution in [-0.4, -0.2) is 25.5 Å². The van der Waals surface area contributed by atoms with Gasteiger partial charge >= 0.3 is 0 Å². The zero-order chi connectivity index (χ0) is 18.4. The van der Waals surface area contributed by atoms with Gasteiger partial charge in [0.2, 0.25) is 5.91 Å². The lowest BCUT2D eigenvalue weighted by Crippen LogP contribution is -2.23. The van der Waals surface area contributed by atoms with Crippen molar-refractivity contribution in [3.63, 3.8) is 0 Å². The largest absolute Gasteiger partial charge is 0.376 e. The van der Waals surface area contributed by atoms with E-state index in [1.807, 2.05) is 42.5 Å². The van der Waals surface area contributed by atoms with Crippen LogP contribution in [0.15, 0.2) is 66.7 Å². The third-order valence-corrected chi connectivity index (χ3v) is 4.48. The Balaban J connectivity index is 1.56. The molecule has 0 radical (unpaired) electrons. The van der Waals surface area contributed by atoms with Crippen molar-refractivity contribution in [1.82, 2.24) is 0 Å². The van der Waals surface area contributed by atoms with Gasteiger partial charge in [0.15, 0.2) is 0 Å². The average Bonchev–Trinajstić information content (AvgIpc) is 2.68. The fourth-order valence-corrected chi connectivity index (χ4v) is 3.03. The van der Waals surface area contributed by atoms with Gasteiger partial charge in [-0.05, 0) is 61.0 Å². The second kappa shape index (κ2) is 8.39. The number of hydrogen-bond donors (Lipinski definition) is 2. The van der Waals surface area contributed by atoms with Crippen molar-refractivity contribution < 1.29 is 4.79 Å². The van der Waals surface area contributed by atoms with Gasteiger partial charge in [-0.3, -0.25) is 4.79 Å². The minimum atomic E-state index is -0.0613. The van der Waals surface area contributed by atoms with Gasteiger partial charge in [-0.25, -0.2) is 0 Å². The Morgan fingerprint density at radius 3 is 2.19 bits per heavy atom. The minimum absolute atomic E-state index is 0.0613. The molecule has 0 aliphatic carbocycles. The maximum absolute atomic E-state index is 12.2. The Labute approximate surface area is 154 Å². The van der Waals surface area contributed by atoms with Gasteiger partial charge in [0.1, 0.15) is 0 Å². The molecule has 0 heterocycles. The summed E-state index contributed by atoms with van der Waals surface area (Å²) in [6, 6.07) is 22.3. The number of carbonyl (C=O) groups excluding carboxylic acids is 1. The molecule has 0 bridgehead atoms. The zero-order valence-corrected chi connectivity index (χ0v) is 15.3. The first-order valence-electron chi connectivity index (χ1n) is 9.07. The van der Waals surface area contributed by atoms with Gasteiger partial charge in [-0.2, -0.15) is 0 Å². The van der Waals surface area contributed by atoms with E-state index in [1.165, 1.54) is 11.1 Å². The summed E-state index contributed by atoms with van der Waals surface area (Å²) >= 11 is 0. The van der Waals surface area contributed by atoms with Crippen molar-refractivity contribution in [2.24, 2.45) is 0 Å². The third kappa shape index (κ3) is 4.33. The second-order valence-electron chi connectivity index (χ2n) is 6.18. The van der Waals surface area contributed by atoms with Gasteiger partial charge in [-0.15, -0.1) is 0 Å². The number of hydrogen-bond acceptors (Lipinski definition) is 3. The Bertz CT molecular complexity index is 870. The second-order valence-corrected chi connectivity index (χ2v) is 6.18. The van der Waals surface area contributed by atoms with E-state index in [9.17, 15) is 4.79 Å². The summed E-state index contributed by atoms with van der Waals surface area (Å²) in [6.45, 7) is 6.45. The summed E-state index contributed by atoms with van der Waals surface area (Å²) in [5.41, 5.74) is 2.92. The van der Waals surface area contributed by atoms with Crippen LogP contribution in [0.25, 0.3) is 10.8 Å². The molecule has 3 aromatic rings. The van der Waals surface area contributed by atoms with Crippen LogP contribution in [0, 0.1) is 0 Å². The maximum atomic E-state index is 12.2. The molecule has 0 aliphatic heterocycles. The number of benzene rings is 3. The maximum Gasteiger partial charge on any atom is 0.243 e. The van der Waals surface area contributed by atoms with E-state index in [1.54, 1.807) is 0 Å². The number of nitrogens with zero attached hydrogens (tertiary/aromatic N) is 1. The average molecular weight is 347 g/mol.